The summed E-state index contributed by atoms with van der Waals surface area (Å²) >= 11 is 0. The Morgan fingerprint density at radius 2 is 1.90 bits per heavy atom. The predicted octanol–water partition coefficient (Wildman–Crippen LogP) is 3.20. The monoisotopic (exact) mass is 287 g/mol. The van der Waals surface area contributed by atoms with E-state index in [1.165, 1.54) is 5.56 Å². The number of rotatable bonds is 7. The second kappa shape index (κ2) is 7.55. The van der Waals surface area contributed by atoms with Crippen molar-refractivity contribution in [1.82, 2.24) is 0 Å². The molecule has 0 atom stereocenters. The molecule has 4 heteroatoms. The molecule has 0 unspecified atom stereocenters. The third-order valence-electron chi connectivity index (χ3n) is 3.32. The first-order chi connectivity index (χ1) is 10.2. The molecule has 0 saturated carbocycles. The highest BCUT2D eigenvalue weighted by Gasteiger charge is 2.04. The van der Waals surface area contributed by atoms with Gasteiger partial charge in [-0.1, -0.05) is 24.3 Å². The van der Waals surface area contributed by atoms with Crippen LogP contribution in [-0.4, -0.2) is 25.9 Å². The average Bonchev–Trinajstić information content (AvgIpc) is 2.52. The van der Waals surface area contributed by atoms with E-state index in [9.17, 15) is 5.11 Å². The summed E-state index contributed by atoms with van der Waals surface area (Å²) in [4.78, 5) is 0. The van der Waals surface area contributed by atoms with Crippen molar-refractivity contribution in [3.05, 3.63) is 53.6 Å². The minimum Gasteiger partial charge on any atom is -0.504 e. The largest absolute Gasteiger partial charge is 0.504 e. The minimum absolute atomic E-state index is 0.157. The molecule has 0 heterocycles. The van der Waals surface area contributed by atoms with Gasteiger partial charge in [-0.25, -0.2) is 0 Å². The van der Waals surface area contributed by atoms with Crippen molar-refractivity contribution >= 4 is 5.69 Å². The zero-order valence-electron chi connectivity index (χ0n) is 12.4. The molecule has 0 aliphatic rings. The van der Waals surface area contributed by atoms with Crippen molar-refractivity contribution in [3.8, 4) is 11.5 Å². The second-order valence-corrected chi connectivity index (χ2v) is 4.76. The van der Waals surface area contributed by atoms with Gasteiger partial charge in [0.15, 0.2) is 11.5 Å². The van der Waals surface area contributed by atoms with Gasteiger partial charge in [0.05, 0.1) is 13.7 Å². The third-order valence-corrected chi connectivity index (χ3v) is 3.32. The normalized spacial score (nSPS) is 10.4. The van der Waals surface area contributed by atoms with E-state index >= 15 is 0 Å². The van der Waals surface area contributed by atoms with Gasteiger partial charge < -0.3 is 19.9 Å². The summed E-state index contributed by atoms with van der Waals surface area (Å²) in [5.41, 5.74) is 3.30. The first-order valence-corrected chi connectivity index (χ1v) is 6.91. The van der Waals surface area contributed by atoms with Crippen molar-refractivity contribution in [2.45, 2.75) is 13.0 Å². The lowest BCUT2D eigenvalue weighted by atomic mass is 10.1. The van der Waals surface area contributed by atoms with Crippen LogP contribution in [0.3, 0.4) is 0 Å². The molecule has 0 aromatic heterocycles. The van der Waals surface area contributed by atoms with Crippen molar-refractivity contribution in [2.24, 2.45) is 0 Å². The van der Waals surface area contributed by atoms with Gasteiger partial charge in [-0.15, -0.1) is 0 Å². The van der Waals surface area contributed by atoms with Crippen LogP contribution in [0.2, 0.25) is 0 Å². The number of benzene rings is 2. The van der Waals surface area contributed by atoms with Crippen LogP contribution in [0.1, 0.15) is 11.1 Å². The fourth-order valence-electron chi connectivity index (χ4n) is 2.17. The zero-order valence-corrected chi connectivity index (χ0v) is 12.4. The number of nitrogens with one attached hydrogen (secondary N) is 1. The summed E-state index contributed by atoms with van der Waals surface area (Å²) < 4.78 is 10.2. The molecule has 0 bridgehead atoms. The van der Waals surface area contributed by atoms with Gasteiger partial charge in [0, 0.05) is 19.3 Å². The first-order valence-electron chi connectivity index (χ1n) is 6.91. The Bertz CT molecular complexity index is 584. The number of hydrogen-bond donors (Lipinski definition) is 2. The van der Waals surface area contributed by atoms with Crippen LogP contribution in [0.4, 0.5) is 5.69 Å². The number of hydrogen-bond acceptors (Lipinski definition) is 4. The van der Waals surface area contributed by atoms with E-state index in [0.717, 1.165) is 17.7 Å². The molecule has 2 rings (SSSR count). The maximum Gasteiger partial charge on any atom is 0.160 e. The van der Waals surface area contributed by atoms with Gasteiger partial charge >= 0.3 is 0 Å². The molecule has 4 nitrogen and oxygen atoms in total. The van der Waals surface area contributed by atoms with Gasteiger partial charge in [0.25, 0.3) is 0 Å². The van der Waals surface area contributed by atoms with E-state index in [1.807, 2.05) is 24.3 Å². The molecular formula is C17H21NO3. The summed E-state index contributed by atoms with van der Waals surface area (Å²) in [7, 11) is 3.25. The highest BCUT2D eigenvalue weighted by molar-refractivity contribution is 5.52. The van der Waals surface area contributed by atoms with Gasteiger partial charge in [0.2, 0.25) is 0 Å². The van der Waals surface area contributed by atoms with E-state index in [-0.39, 0.29) is 5.75 Å². The molecule has 0 radical (unpaired) electrons. The summed E-state index contributed by atoms with van der Waals surface area (Å²) in [5, 5.41) is 13.2. The Morgan fingerprint density at radius 3 is 2.62 bits per heavy atom. The number of aromatic hydroxyl groups is 1. The Hall–Kier alpha value is -2.20. The lowest BCUT2D eigenvalue weighted by Gasteiger charge is -2.12. The maximum atomic E-state index is 9.79. The van der Waals surface area contributed by atoms with Gasteiger partial charge in [-0.2, -0.15) is 0 Å². The molecule has 0 spiro atoms. The van der Waals surface area contributed by atoms with Crippen LogP contribution >= 0.6 is 0 Å². The fraction of sp³-hybridized carbons (Fsp3) is 0.294. The van der Waals surface area contributed by atoms with Gasteiger partial charge in [0.1, 0.15) is 0 Å². The average molecular weight is 287 g/mol. The molecule has 0 aliphatic heterocycles. The van der Waals surface area contributed by atoms with Crippen molar-refractivity contribution < 1.29 is 14.6 Å². The Balaban J connectivity index is 2.04. The first kappa shape index (κ1) is 15.2. The summed E-state index contributed by atoms with van der Waals surface area (Å²) in [5.74, 6) is 0.642. The molecule has 0 saturated heterocycles. The molecule has 2 N–H and O–H groups in total. The molecule has 0 amide bonds. The van der Waals surface area contributed by atoms with E-state index < -0.39 is 0 Å². The minimum atomic E-state index is 0.157. The van der Waals surface area contributed by atoms with E-state index in [2.05, 4.69) is 11.4 Å². The molecule has 0 aliphatic carbocycles. The van der Waals surface area contributed by atoms with Crippen LogP contribution in [0.15, 0.2) is 42.5 Å². The van der Waals surface area contributed by atoms with Gasteiger partial charge in [-0.05, 0) is 35.7 Å². The molecule has 112 valence electrons. The lowest BCUT2D eigenvalue weighted by Crippen LogP contribution is -2.04. The van der Waals surface area contributed by atoms with Crippen molar-refractivity contribution in [2.75, 3.05) is 26.1 Å². The lowest BCUT2D eigenvalue weighted by molar-refractivity contribution is 0.202. The zero-order chi connectivity index (χ0) is 15.1. The Labute approximate surface area is 125 Å². The van der Waals surface area contributed by atoms with Gasteiger partial charge in [-0.3, -0.25) is 0 Å². The van der Waals surface area contributed by atoms with E-state index in [1.54, 1.807) is 26.4 Å². The number of para-hydroxylation sites is 1. The topological polar surface area (TPSA) is 50.7 Å². The van der Waals surface area contributed by atoms with Crippen molar-refractivity contribution in [3.63, 3.8) is 0 Å². The van der Waals surface area contributed by atoms with E-state index in [0.29, 0.717) is 18.9 Å². The molecule has 21 heavy (non-hydrogen) atoms. The summed E-state index contributed by atoms with van der Waals surface area (Å²) in [6.07, 6.45) is 0.869. The van der Waals surface area contributed by atoms with Crippen LogP contribution in [0.5, 0.6) is 11.5 Å². The molecule has 2 aromatic rings. The van der Waals surface area contributed by atoms with E-state index in [4.69, 9.17) is 9.47 Å². The van der Waals surface area contributed by atoms with Crippen LogP contribution in [0, 0.1) is 0 Å². The fourth-order valence-corrected chi connectivity index (χ4v) is 2.17. The smallest absolute Gasteiger partial charge is 0.160 e. The standard InChI is InChI=1S/C17H21NO3/c1-20-10-9-14-5-3-4-6-15(14)18-12-13-7-8-17(21-2)16(19)11-13/h3-8,11,18-19H,9-10,12H2,1-2H3. The SMILES string of the molecule is COCCc1ccccc1NCc1ccc(OC)c(O)c1. The number of phenolic OH excluding ortho intramolecular Hbond substituents is 1. The number of ether oxygens (including phenoxy) is 2. The van der Waals surface area contributed by atoms with Crippen LogP contribution in [-0.2, 0) is 17.7 Å². The predicted molar refractivity (Wildman–Crippen MR) is 84.0 cm³/mol. The number of methoxy groups -OCH3 is 2. The second-order valence-electron chi connectivity index (χ2n) is 4.76. The molecule has 0 fully saturated rings. The van der Waals surface area contributed by atoms with Crippen LogP contribution < -0.4 is 10.1 Å². The maximum absolute atomic E-state index is 9.79. The summed E-state index contributed by atoms with van der Waals surface area (Å²) in [6.45, 7) is 1.34. The third kappa shape index (κ3) is 4.13. The summed E-state index contributed by atoms with van der Waals surface area (Å²) in [6, 6.07) is 13.6. The number of phenols is 1. The van der Waals surface area contributed by atoms with Crippen molar-refractivity contribution in [1.29, 1.82) is 0 Å². The Kier molecular flexibility index (Phi) is 5.46. The highest BCUT2D eigenvalue weighted by Crippen LogP contribution is 2.26. The highest BCUT2D eigenvalue weighted by atomic mass is 16.5. The Morgan fingerprint density at radius 1 is 1.10 bits per heavy atom. The molecule has 2 aromatic carbocycles. The number of anilines is 1. The molecular weight excluding hydrogens is 266 g/mol. The quantitative estimate of drug-likeness (QED) is 0.821. The van der Waals surface area contributed by atoms with Crippen LogP contribution in [0.25, 0.3) is 0 Å².